The van der Waals surface area contributed by atoms with E-state index in [4.69, 9.17) is 28.1 Å². The van der Waals surface area contributed by atoms with Crippen LogP contribution < -0.4 is 0 Å². The highest BCUT2D eigenvalue weighted by Crippen LogP contribution is 2.80. The zero-order valence-electron chi connectivity index (χ0n) is 26.1. The van der Waals surface area contributed by atoms with Crippen molar-refractivity contribution in [2.24, 2.45) is 33.5 Å². The van der Waals surface area contributed by atoms with Gasteiger partial charge in [-0.2, -0.15) is 0 Å². The van der Waals surface area contributed by atoms with E-state index in [2.05, 4.69) is 40.7 Å². The summed E-state index contributed by atoms with van der Waals surface area (Å²) in [5.41, 5.74) is -2.39. The number of hydrogen-bond acceptors (Lipinski definition) is 11. The van der Waals surface area contributed by atoms with Crippen molar-refractivity contribution in [1.29, 1.82) is 0 Å². The highest BCUT2D eigenvalue weighted by atomic mass is 16.7. The van der Waals surface area contributed by atoms with Crippen LogP contribution >= 0.6 is 0 Å². The molecule has 242 valence electrons. The number of furan rings is 1. The fourth-order valence-electron chi connectivity index (χ4n) is 10.6. The second kappa shape index (κ2) is 9.62. The van der Waals surface area contributed by atoms with Crippen LogP contribution in [-0.2, 0) is 33.3 Å². The third-order valence-corrected chi connectivity index (χ3v) is 12.7. The normalized spacial score (nSPS) is 52.1. The fourth-order valence-corrected chi connectivity index (χ4v) is 10.6. The molecule has 3 saturated heterocycles. The number of aliphatic hydroxyl groups is 3. The lowest BCUT2D eigenvalue weighted by molar-refractivity contribution is -0.298. The zero-order valence-corrected chi connectivity index (χ0v) is 26.1. The number of aliphatic hydroxyl groups excluding tert-OH is 3. The summed E-state index contributed by atoms with van der Waals surface area (Å²) in [4.78, 5) is 26.2. The van der Waals surface area contributed by atoms with Gasteiger partial charge in [0.2, 0.25) is 0 Å². The molecule has 6 aliphatic rings. The predicted molar refractivity (Wildman–Crippen MR) is 151 cm³/mol. The average molecular weight is 617 g/mol. The van der Waals surface area contributed by atoms with Crippen molar-refractivity contribution >= 4 is 11.9 Å². The third kappa shape index (κ3) is 3.71. The Labute approximate surface area is 256 Å². The highest BCUT2D eigenvalue weighted by Gasteiger charge is 2.88. The molecule has 0 radical (unpaired) electrons. The standard InChI is InChI=1S/C33H44O11/c1-16(34)41-22-13-20-29(2,3)21(42-28-24(37)23(36)18(35)15-40-28)8-10-30(20,4)19-7-11-31(5)25(17-9-12-39-14-17)43-27(38)26-33(31,44-26)32(19,22)6/h8-10,12,14,18-26,28,35-37H,7,11,13,15H2,1-6H3/t18-,19+,20-,21-,22+,23-,24+,25-,26+,28-,30+,31-,32-,33+/m0/s1. The van der Waals surface area contributed by atoms with Gasteiger partial charge in [-0.25, -0.2) is 4.79 Å². The summed E-state index contributed by atoms with van der Waals surface area (Å²) >= 11 is 0. The molecule has 0 bridgehead atoms. The van der Waals surface area contributed by atoms with Crippen LogP contribution in [0.1, 0.15) is 72.5 Å². The Morgan fingerprint density at radius 1 is 1.05 bits per heavy atom. The molecule has 1 spiro atoms. The summed E-state index contributed by atoms with van der Waals surface area (Å²) in [5, 5.41) is 30.8. The van der Waals surface area contributed by atoms with Gasteiger partial charge in [0, 0.05) is 23.3 Å². The number of fused-ring (bicyclic) bond motifs is 3. The van der Waals surface area contributed by atoms with Crippen LogP contribution in [0.4, 0.5) is 0 Å². The monoisotopic (exact) mass is 616 g/mol. The van der Waals surface area contributed by atoms with Gasteiger partial charge in [0.15, 0.2) is 12.4 Å². The number of carbonyl (C=O) groups excluding carboxylic acids is 2. The second-order valence-corrected chi connectivity index (χ2v) is 15.1. The maximum atomic E-state index is 13.5. The number of ether oxygens (including phenoxy) is 5. The summed E-state index contributed by atoms with van der Waals surface area (Å²) in [6.45, 7) is 12.0. The third-order valence-electron chi connectivity index (χ3n) is 12.7. The maximum Gasteiger partial charge on any atom is 0.339 e. The second-order valence-electron chi connectivity index (χ2n) is 15.1. The van der Waals surface area contributed by atoms with Crippen LogP contribution in [-0.4, -0.2) is 82.4 Å². The molecule has 5 fully saturated rings. The Hall–Kier alpha value is -2.28. The number of epoxide rings is 1. The number of cyclic esters (lactones) is 1. The van der Waals surface area contributed by atoms with E-state index >= 15 is 0 Å². The van der Waals surface area contributed by atoms with Gasteiger partial charge in [-0.15, -0.1) is 0 Å². The molecule has 0 amide bonds. The molecular weight excluding hydrogens is 572 g/mol. The quantitative estimate of drug-likeness (QED) is 0.260. The highest BCUT2D eigenvalue weighted by molar-refractivity contribution is 5.82. The predicted octanol–water partition coefficient (Wildman–Crippen LogP) is 2.82. The van der Waals surface area contributed by atoms with Gasteiger partial charge < -0.3 is 43.4 Å². The van der Waals surface area contributed by atoms with Crippen molar-refractivity contribution in [3.05, 3.63) is 36.3 Å². The Kier molecular flexibility index (Phi) is 6.64. The molecule has 7 rings (SSSR count). The first-order chi connectivity index (χ1) is 20.6. The van der Waals surface area contributed by atoms with E-state index in [1.807, 2.05) is 12.1 Å². The van der Waals surface area contributed by atoms with Crippen LogP contribution in [0.5, 0.6) is 0 Å². The SMILES string of the molecule is CC(=O)O[C@@H]1C[C@H]2C(C)(C)[C@@H](O[C@@H]3OC[C@H](O)[C@H](O)[C@H]3O)C=C[C@]2(C)[C@H]2CC[C@@]3(C)[C@H](c4ccoc4)OC(=O)[C@H]4O[C@]43[C@@]21C. The lowest BCUT2D eigenvalue weighted by Crippen LogP contribution is -2.73. The number of allylic oxidation sites excluding steroid dienone is 1. The molecule has 11 nitrogen and oxygen atoms in total. The van der Waals surface area contributed by atoms with Crippen LogP contribution in [0.2, 0.25) is 0 Å². The molecule has 1 aromatic rings. The Bertz CT molecular complexity index is 1360. The van der Waals surface area contributed by atoms with Crippen LogP contribution in [0, 0.1) is 33.5 Å². The first-order valence-electron chi connectivity index (χ1n) is 15.7. The molecule has 44 heavy (non-hydrogen) atoms. The van der Waals surface area contributed by atoms with Crippen LogP contribution in [0.25, 0.3) is 0 Å². The fraction of sp³-hybridized carbons (Fsp3) is 0.758. The van der Waals surface area contributed by atoms with E-state index in [0.29, 0.717) is 6.42 Å². The van der Waals surface area contributed by atoms with Gasteiger partial charge in [0.05, 0.1) is 25.2 Å². The lowest BCUT2D eigenvalue weighted by atomic mass is 9.35. The van der Waals surface area contributed by atoms with Gasteiger partial charge in [-0.05, 0) is 48.0 Å². The van der Waals surface area contributed by atoms with Gasteiger partial charge in [-0.1, -0.05) is 46.8 Å². The first kappa shape index (κ1) is 30.4. The van der Waals surface area contributed by atoms with Crippen molar-refractivity contribution in [3.8, 4) is 0 Å². The molecule has 1 aromatic heterocycles. The summed E-state index contributed by atoms with van der Waals surface area (Å²) < 4.78 is 36.2. The minimum atomic E-state index is -1.41. The molecule has 0 aromatic carbocycles. The molecule has 3 aliphatic carbocycles. The number of hydrogen-bond donors (Lipinski definition) is 3. The maximum absolute atomic E-state index is 13.5. The molecule has 4 heterocycles. The number of carbonyl (C=O) groups is 2. The Balaban J connectivity index is 1.29. The zero-order chi connectivity index (χ0) is 31.6. The van der Waals surface area contributed by atoms with Crippen LogP contribution in [0.15, 0.2) is 35.2 Å². The topological polar surface area (TPSA) is 157 Å². The van der Waals surface area contributed by atoms with Gasteiger partial charge in [0.25, 0.3) is 0 Å². The van der Waals surface area contributed by atoms with Crippen molar-refractivity contribution in [1.82, 2.24) is 0 Å². The minimum absolute atomic E-state index is 0.0305. The van der Waals surface area contributed by atoms with E-state index in [9.17, 15) is 24.9 Å². The van der Waals surface area contributed by atoms with Crippen molar-refractivity contribution in [2.75, 3.05) is 6.61 Å². The molecular formula is C33H44O11. The van der Waals surface area contributed by atoms with E-state index in [0.717, 1.165) is 18.4 Å². The van der Waals surface area contributed by atoms with Gasteiger partial charge >= 0.3 is 11.9 Å². The smallest absolute Gasteiger partial charge is 0.339 e. The first-order valence-corrected chi connectivity index (χ1v) is 15.7. The molecule has 14 atom stereocenters. The minimum Gasteiger partial charge on any atom is -0.472 e. The van der Waals surface area contributed by atoms with Crippen molar-refractivity contribution < 1.29 is 53.0 Å². The van der Waals surface area contributed by atoms with E-state index in [-0.39, 0.29) is 18.4 Å². The van der Waals surface area contributed by atoms with E-state index in [1.54, 1.807) is 12.5 Å². The summed E-state index contributed by atoms with van der Waals surface area (Å²) in [7, 11) is 0. The summed E-state index contributed by atoms with van der Waals surface area (Å²) in [5.74, 6) is -0.873. The van der Waals surface area contributed by atoms with Crippen molar-refractivity contribution in [3.63, 3.8) is 0 Å². The average Bonchev–Trinajstić information content (AvgIpc) is 3.53. The Morgan fingerprint density at radius 2 is 1.80 bits per heavy atom. The number of esters is 2. The van der Waals surface area contributed by atoms with Crippen molar-refractivity contribution in [2.45, 2.75) is 115 Å². The molecule has 3 N–H and O–H groups in total. The molecule has 11 heteroatoms. The molecule has 3 aliphatic heterocycles. The number of rotatable bonds is 4. The summed E-state index contributed by atoms with van der Waals surface area (Å²) in [6, 6.07) is 1.83. The molecule has 0 unspecified atom stereocenters. The van der Waals surface area contributed by atoms with Gasteiger partial charge in [0.1, 0.15) is 36.1 Å². The van der Waals surface area contributed by atoms with E-state index < -0.39 is 88.2 Å². The van der Waals surface area contributed by atoms with Crippen LogP contribution in [0.3, 0.4) is 0 Å². The van der Waals surface area contributed by atoms with E-state index in [1.165, 1.54) is 6.92 Å². The van der Waals surface area contributed by atoms with Gasteiger partial charge in [-0.3, -0.25) is 4.79 Å². The summed E-state index contributed by atoms with van der Waals surface area (Å²) in [6.07, 6.45) is 1.89. The Morgan fingerprint density at radius 3 is 2.48 bits per heavy atom. The lowest BCUT2D eigenvalue weighted by Gasteiger charge is -2.69. The molecule has 2 saturated carbocycles. The largest absolute Gasteiger partial charge is 0.472 e.